The highest BCUT2D eigenvalue weighted by atomic mass is 19.1. The van der Waals surface area contributed by atoms with Crippen molar-refractivity contribution in [2.75, 3.05) is 25.5 Å². The van der Waals surface area contributed by atoms with Gasteiger partial charge in [-0.15, -0.1) is 0 Å². The molecular formula is C17H19FN4O3. The Hall–Kier alpha value is -2.90. The van der Waals surface area contributed by atoms with Crippen molar-refractivity contribution < 1.29 is 18.7 Å². The lowest BCUT2D eigenvalue weighted by Crippen LogP contribution is -2.43. The van der Waals surface area contributed by atoms with Crippen molar-refractivity contribution in [2.45, 2.75) is 18.9 Å². The Kier molecular flexibility index (Phi) is 5.27. The molecule has 0 bridgehead atoms. The minimum Gasteiger partial charge on any atom is -0.474 e. The highest BCUT2D eigenvalue weighted by molar-refractivity contribution is 5.89. The van der Waals surface area contributed by atoms with E-state index < -0.39 is 5.82 Å². The predicted molar refractivity (Wildman–Crippen MR) is 89.2 cm³/mol. The van der Waals surface area contributed by atoms with Crippen LogP contribution in [0.3, 0.4) is 0 Å². The normalized spacial score (nSPS) is 14.9. The van der Waals surface area contributed by atoms with Crippen molar-refractivity contribution in [3.05, 3.63) is 42.3 Å². The first kappa shape index (κ1) is 16.9. The Morgan fingerprint density at radius 3 is 2.76 bits per heavy atom. The Bertz CT molecular complexity index is 735. The summed E-state index contributed by atoms with van der Waals surface area (Å²) >= 11 is 0. The van der Waals surface area contributed by atoms with Gasteiger partial charge in [0.25, 0.3) is 0 Å². The minimum absolute atomic E-state index is 0.0443. The number of nitrogens with zero attached hydrogens (tertiary/aromatic N) is 3. The summed E-state index contributed by atoms with van der Waals surface area (Å²) in [6.45, 7) is 1.04. The second-order valence-electron chi connectivity index (χ2n) is 5.60. The SMILES string of the molecule is COc1nccc(OC2CCN(C(=O)Nc3ccccc3F)CC2)n1. The number of amides is 2. The number of para-hydroxylation sites is 1. The number of aromatic nitrogens is 2. The molecule has 132 valence electrons. The summed E-state index contributed by atoms with van der Waals surface area (Å²) in [5.41, 5.74) is 0.180. The Morgan fingerprint density at radius 2 is 2.04 bits per heavy atom. The molecule has 1 N–H and O–H groups in total. The molecule has 3 rings (SSSR count). The van der Waals surface area contributed by atoms with Crippen LogP contribution in [0.15, 0.2) is 36.5 Å². The fourth-order valence-corrected chi connectivity index (χ4v) is 2.59. The zero-order chi connectivity index (χ0) is 17.6. The van der Waals surface area contributed by atoms with Crippen LogP contribution in [0.1, 0.15) is 12.8 Å². The van der Waals surface area contributed by atoms with Crippen LogP contribution in [-0.4, -0.2) is 47.2 Å². The summed E-state index contributed by atoms with van der Waals surface area (Å²) in [5, 5.41) is 2.59. The summed E-state index contributed by atoms with van der Waals surface area (Å²) in [6.07, 6.45) is 2.85. The van der Waals surface area contributed by atoms with Crippen LogP contribution >= 0.6 is 0 Å². The average molecular weight is 346 g/mol. The molecule has 7 nitrogen and oxygen atoms in total. The number of piperidine rings is 1. The number of carbonyl (C=O) groups excluding carboxylic acids is 1. The van der Waals surface area contributed by atoms with Gasteiger partial charge in [-0.1, -0.05) is 12.1 Å². The zero-order valence-corrected chi connectivity index (χ0v) is 13.8. The number of anilines is 1. The molecule has 1 aromatic heterocycles. The number of ether oxygens (including phenoxy) is 2. The van der Waals surface area contributed by atoms with Crippen LogP contribution in [0, 0.1) is 5.82 Å². The van der Waals surface area contributed by atoms with Gasteiger partial charge in [0, 0.05) is 38.2 Å². The van der Waals surface area contributed by atoms with Gasteiger partial charge in [-0.05, 0) is 12.1 Å². The number of methoxy groups -OCH3 is 1. The molecule has 1 aromatic carbocycles. The van der Waals surface area contributed by atoms with Gasteiger partial charge in [-0.2, -0.15) is 4.98 Å². The van der Waals surface area contributed by atoms with E-state index in [1.54, 1.807) is 29.3 Å². The number of hydrogen-bond donors (Lipinski definition) is 1. The molecule has 0 aliphatic carbocycles. The lowest BCUT2D eigenvalue weighted by atomic mass is 10.1. The lowest BCUT2D eigenvalue weighted by molar-refractivity contribution is 0.110. The molecule has 0 atom stereocenters. The fourth-order valence-electron chi connectivity index (χ4n) is 2.59. The molecule has 0 radical (unpaired) electrons. The molecule has 0 unspecified atom stereocenters. The minimum atomic E-state index is -0.452. The molecule has 0 spiro atoms. The second kappa shape index (κ2) is 7.78. The number of halogens is 1. The maximum absolute atomic E-state index is 13.6. The topological polar surface area (TPSA) is 76.6 Å². The monoisotopic (exact) mass is 346 g/mol. The average Bonchev–Trinajstić information content (AvgIpc) is 2.64. The third kappa shape index (κ3) is 4.34. The molecule has 0 saturated carbocycles. The molecule has 1 saturated heterocycles. The van der Waals surface area contributed by atoms with E-state index >= 15 is 0 Å². The molecule has 2 amide bonds. The molecule has 8 heteroatoms. The Morgan fingerprint density at radius 1 is 1.28 bits per heavy atom. The summed E-state index contributed by atoms with van der Waals surface area (Å²) in [5.74, 6) is -0.00659. The quantitative estimate of drug-likeness (QED) is 0.921. The van der Waals surface area contributed by atoms with E-state index in [2.05, 4.69) is 15.3 Å². The fraction of sp³-hybridized carbons (Fsp3) is 0.353. The van der Waals surface area contributed by atoms with E-state index in [1.807, 2.05) is 0 Å². The summed E-state index contributed by atoms with van der Waals surface area (Å²) in [6, 6.07) is 7.70. The molecule has 2 heterocycles. The van der Waals surface area contributed by atoms with Gasteiger partial charge >= 0.3 is 12.0 Å². The highest BCUT2D eigenvalue weighted by Crippen LogP contribution is 2.20. The maximum Gasteiger partial charge on any atom is 0.321 e. The van der Waals surface area contributed by atoms with Gasteiger partial charge in [0.1, 0.15) is 11.9 Å². The first-order valence-corrected chi connectivity index (χ1v) is 8.00. The van der Waals surface area contributed by atoms with E-state index in [1.165, 1.54) is 19.2 Å². The summed E-state index contributed by atoms with van der Waals surface area (Å²) < 4.78 is 24.4. The van der Waals surface area contributed by atoms with Crippen LogP contribution in [0.25, 0.3) is 0 Å². The summed E-state index contributed by atoms with van der Waals surface area (Å²) in [4.78, 5) is 21.9. The number of hydrogen-bond acceptors (Lipinski definition) is 5. The molecule has 25 heavy (non-hydrogen) atoms. The van der Waals surface area contributed by atoms with Crippen molar-refractivity contribution in [3.63, 3.8) is 0 Å². The van der Waals surface area contributed by atoms with Gasteiger partial charge < -0.3 is 19.7 Å². The number of benzene rings is 1. The van der Waals surface area contributed by atoms with Gasteiger partial charge in [0.05, 0.1) is 12.8 Å². The van der Waals surface area contributed by atoms with Crippen LogP contribution in [0.2, 0.25) is 0 Å². The third-order valence-corrected chi connectivity index (χ3v) is 3.92. The number of nitrogens with one attached hydrogen (secondary N) is 1. The van der Waals surface area contributed by atoms with E-state index in [4.69, 9.17) is 9.47 Å². The van der Waals surface area contributed by atoms with Crippen molar-refractivity contribution in [3.8, 4) is 11.9 Å². The number of rotatable bonds is 4. The van der Waals surface area contributed by atoms with Crippen molar-refractivity contribution in [1.29, 1.82) is 0 Å². The molecule has 1 aliphatic rings. The van der Waals surface area contributed by atoms with Gasteiger partial charge in [0.2, 0.25) is 5.88 Å². The van der Waals surface area contributed by atoms with Gasteiger partial charge in [0.15, 0.2) is 0 Å². The summed E-state index contributed by atoms with van der Waals surface area (Å²) in [7, 11) is 1.49. The molecular weight excluding hydrogens is 327 g/mol. The maximum atomic E-state index is 13.6. The molecule has 1 aliphatic heterocycles. The standard InChI is InChI=1S/C17H19FN4O3/c1-24-16-19-9-6-15(21-16)25-12-7-10-22(11-8-12)17(23)20-14-5-3-2-4-13(14)18/h2-6,9,12H,7-8,10-11H2,1H3,(H,20,23). The van der Waals surface area contributed by atoms with E-state index in [-0.39, 0.29) is 23.8 Å². The van der Waals surface area contributed by atoms with Gasteiger partial charge in [-0.25, -0.2) is 14.2 Å². The van der Waals surface area contributed by atoms with Crippen LogP contribution in [0.4, 0.5) is 14.9 Å². The van der Waals surface area contributed by atoms with Crippen LogP contribution < -0.4 is 14.8 Å². The Labute approximate surface area is 144 Å². The highest BCUT2D eigenvalue weighted by Gasteiger charge is 2.24. The van der Waals surface area contributed by atoms with Crippen LogP contribution in [-0.2, 0) is 0 Å². The number of likely N-dealkylation sites (tertiary alicyclic amines) is 1. The van der Waals surface area contributed by atoms with Gasteiger partial charge in [-0.3, -0.25) is 0 Å². The number of carbonyl (C=O) groups is 1. The number of urea groups is 1. The zero-order valence-electron chi connectivity index (χ0n) is 13.8. The van der Waals surface area contributed by atoms with Crippen molar-refractivity contribution >= 4 is 11.7 Å². The predicted octanol–water partition coefficient (Wildman–Crippen LogP) is 2.70. The van der Waals surface area contributed by atoms with Crippen molar-refractivity contribution in [1.82, 2.24) is 14.9 Å². The smallest absolute Gasteiger partial charge is 0.321 e. The van der Waals surface area contributed by atoms with E-state index in [9.17, 15) is 9.18 Å². The molecule has 1 fully saturated rings. The Balaban J connectivity index is 1.51. The van der Waals surface area contributed by atoms with Crippen LogP contribution in [0.5, 0.6) is 11.9 Å². The lowest BCUT2D eigenvalue weighted by Gasteiger charge is -2.31. The second-order valence-corrected chi connectivity index (χ2v) is 5.60. The largest absolute Gasteiger partial charge is 0.474 e. The van der Waals surface area contributed by atoms with E-state index in [0.717, 1.165) is 0 Å². The molecule has 2 aromatic rings. The van der Waals surface area contributed by atoms with E-state index in [0.29, 0.717) is 31.8 Å². The van der Waals surface area contributed by atoms with Crippen molar-refractivity contribution in [2.24, 2.45) is 0 Å². The first-order chi connectivity index (χ1) is 12.2. The first-order valence-electron chi connectivity index (χ1n) is 8.00. The third-order valence-electron chi connectivity index (χ3n) is 3.92.